The molecule has 0 N–H and O–H groups in total. The van der Waals surface area contributed by atoms with Crippen LogP contribution in [0.25, 0.3) is 0 Å². The van der Waals surface area contributed by atoms with Crippen molar-refractivity contribution >= 4 is 0 Å². The topological polar surface area (TPSA) is 47.6 Å². The van der Waals surface area contributed by atoms with Gasteiger partial charge in [-0.25, -0.2) is 8.78 Å². The van der Waals surface area contributed by atoms with Crippen molar-refractivity contribution < 1.29 is 8.78 Å². The maximum absolute atomic E-state index is 12.2. The molecule has 0 amide bonds. The maximum atomic E-state index is 12.2. The highest BCUT2D eigenvalue weighted by Gasteiger charge is 2.18. The first-order valence-corrected chi connectivity index (χ1v) is 2.77. The summed E-state index contributed by atoms with van der Waals surface area (Å²) in [4.78, 5) is 0. The Morgan fingerprint density at radius 2 is 1.90 bits per heavy atom. The van der Waals surface area contributed by atoms with Crippen molar-refractivity contribution in [3.63, 3.8) is 0 Å². The van der Waals surface area contributed by atoms with Crippen LogP contribution in [-0.2, 0) is 0 Å². The second-order valence-corrected chi connectivity index (χ2v) is 1.74. The summed E-state index contributed by atoms with van der Waals surface area (Å²) in [5, 5.41) is 15.8. The summed E-state index contributed by atoms with van der Waals surface area (Å²) in [7, 11) is 0. The van der Waals surface area contributed by atoms with Gasteiger partial charge in [-0.2, -0.15) is 10.5 Å². The van der Waals surface area contributed by atoms with Crippen LogP contribution in [0, 0.1) is 22.7 Å². The SMILES string of the molecule is N#CCCC(F)C(F)C#N. The van der Waals surface area contributed by atoms with Gasteiger partial charge in [-0.05, 0) is 6.42 Å². The Morgan fingerprint density at radius 1 is 1.30 bits per heavy atom. The van der Waals surface area contributed by atoms with Crippen molar-refractivity contribution in [3.8, 4) is 12.1 Å². The normalized spacial score (nSPS) is 14.8. The summed E-state index contributed by atoms with van der Waals surface area (Å²) < 4.78 is 24.2. The highest BCUT2D eigenvalue weighted by atomic mass is 19.2. The minimum atomic E-state index is -2.09. The number of nitrogens with zero attached hydrogens (tertiary/aromatic N) is 2. The van der Waals surface area contributed by atoms with Gasteiger partial charge in [0.25, 0.3) is 0 Å². The molecule has 0 aliphatic carbocycles. The standard InChI is InChI=1S/C6H6F2N2/c7-5(2-1-3-9)6(8)4-10/h5-6H,1-2H2. The van der Waals surface area contributed by atoms with E-state index in [0.717, 1.165) is 6.07 Å². The molecule has 0 aromatic heterocycles. The van der Waals surface area contributed by atoms with E-state index in [1.165, 1.54) is 0 Å². The Morgan fingerprint density at radius 3 is 2.30 bits per heavy atom. The number of nitriles is 2. The molecule has 0 bridgehead atoms. The van der Waals surface area contributed by atoms with E-state index in [9.17, 15) is 8.78 Å². The summed E-state index contributed by atoms with van der Waals surface area (Å²) in [5.41, 5.74) is 0. The van der Waals surface area contributed by atoms with Crippen LogP contribution in [0.15, 0.2) is 0 Å². The summed E-state index contributed by atoms with van der Waals surface area (Å²) in [6, 6.07) is 2.78. The molecule has 2 unspecified atom stereocenters. The summed E-state index contributed by atoms with van der Waals surface area (Å²) in [6.45, 7) is 0. The van der Waals surface area contributed by atoms with Gasteiger partial charge in [0.15, 0.2) is 0 Å². The lowest BCUT2D eigenvalue weighted by Gasteiger charge is -2.02. The molecule has 0 saturated carbocycles. The van der Waals surface area contributed by atoms with Crippen molar-refractivity contribution in [2.24, 2.45) is 0 Å². The molecule has 0 radical (unpaired) electrons. The molecule has 0 heterocycles. The minimum Gasteiger partial charge on any atom is -0.243 e. The van der Waals surface area contributed by atoms with E-state index in [1.807, 2.05) is 0 Å². The van der Waals surface area contributed by atoms with Crippen LogP contribution in [0.4, 0.5) is 8.78 Å². The van der Waals surface area contributed by atoms with Crippen molar-refractivity contribution in [2.75, 3.05) is 0 Å². The number of hydrogen-bond acceptors (Lipinski definition) is 2. The molecule has 54 valence electrons. The van der Waals surface area contributed by atoms with Gasteiger partial charge in [0.1, 0.15) is 12.2 Å². The maximum Gasteiger partial charge on any atom is 0.217 e. The second kappa shape index (κ2) is 4.69. The van der Waals surface area contributed by atoms with Gasteiger partial charge < -0.3 is 0 Å². The van der Waals surface area contributed by atoms with Gasteiger partial charge in [-0.1, -0.05) is 0 Å². The highest BCUT2D eigenvalue weighted by molar-refractivity contribution is 4.90. The first kappa shape index (κ1) is 8.84. The number of rotatable bonds is 3. The van der Waals surface area contributed by atoms with Crippen molar-refractivity contribution in [2.45, 2.75) is 25.2 Å². The Kier molecular flexibility index (Phi) is 4.15. The van der Waals surface area contributed by atoms with Crippen molar-refractivity contribution in [1.29, 1.82) is 10.5 Å². The zero-order valence-corrected chi connectivity index (χ0v) is 5.22. The molecule has 0 fully saturated rings. The first-order chi connectivity index (χ1) is 4.72. The molecule has 0 aliphatic rings. The van der Waals surface area contributed by atoms with E-state index in [0.29, 0.717) is 0 Å². The smallest absolute Gasteiger partial charge is 0.217 e. The van der Waals surface area contributed by atoms with E-state index < -0.39 is 12.3 Å². The molecule has 0 rings (SSSR count). The van der Waals surface area contributed by atoms with Crippen molar-refractivity contribution in [3.05, 3.63) is 0 Å². The number of alkyl halides is 2. The molecular weight excluding hydrogens is 138 g/mol. The van der Waals surface area contributed by atoms with E-state index in [1.54, 1.807) is 6.07 Å². The summed E-state index contributed by atoms with van der Waals surface area (Å²) in [5.74, 6) is 0. The third-order valence-corrected chi connectivity index (χ3v) is 0.973. The third-order valence-electron chi connectivity index (χ3n) is 0.973. The molecule has 0 aromatic rings. The van der Waals surface area contributed by atoms with Crippen LogP contribution < -0.4 is 0 Å². The predicted molar refractivity (Wildman–Crippen MR) is 30.3 cm³/mol. The Labute approximate surface area is 57.7 Å². The summed E-state index contributed by atoms with van der Waals surface area (Å²) >= 11 is 0. The zero-order chi connectivity index (χ0) is 7.98. The first-order valence-electron chi connectivity index (χ1n) is 2.77. The zero-order valence-electron chi connectivity index (χ0n) is 5.22. The Bertz CT molecular complexity index is 168. The number of halogens is 2. The van der Waals surface area contributed by atoms with E-state index in [4.69, 9.17) is 10.5 Å². The van der Waals surface area contributed by atoms with Gasteiger partial charge in [-0.3, -0.25) is 0 Å². The average Bonchev–Trinajstić information content (AvgIpc) is 1.98. The van der Waals surface area contributed by atoms with E-state index in [-0.39, 0.29) is 12.8 Å². The minimum absolute atomic E-state index is 0.0523. The van der Waals surface area contributed by atoms with Crippen LogP contribution in [0.3, 0.4) is 0 Å². The molecule has 2 atom stereocenters. The molecule has 0 saturated heterocycles. The van der Waals surface area contributed by atoms with Crippen LogP contribution >= 0.6 is 0 Å². The summed E-state index contributed by atoms with van der Waals surface area (Å²) in [6.07, 6.45) is -4.16. The quantitative estimate of drug-likeness (QED) is 0.602. The fourth-order valence-electron chi connectivity index (χ4n) is 0.430. The Balaban J connectivity index is 3.56. The lowest BCUT2D eigenvalue weighted by molar-refractivity contribution is 0.201. The largest absolute Gasteiger partial charge is 0.243 e. The molecule has 10 heavy (non-hydrogen) atoms. The fourth-order valence-corrected chi connectivity index (χ4v) is 0.430. The van der Waals surface area contributed by atoms with Crippen LogP contribution in [-0.4, -0.2) is 12.3 Å². The van der Waals surface area contributed by atoms with Gasteiger partial charge in [0, 0.05) is 6.42 Å². The van der Waals surface area contributed by atoms with Gasteiger partial charge in [-0.15, -0.1) is 0 Å². The molecule has 0 aromatic carbocycles. The predicted octanol–water partition coefficient (Wildman–Crippen LogP) is 1.49. The van der Waals surface area contributed by atoms with E-state index >= 15 is 0 Å². The van der Waals surface area contributed by atoms with Gasteiger partial charge in [0.05, 0.1) is 6.07 Å². The average molecular weight is 144 g/mol. The number of hydrogen-bond donors (Lipinski definition) is 0. The molecular formula is C6H6F2N2. The lowest BCUT2D eigenvalue weighted by Crippen LogP contribution is -2.14. The van der Waals surface area contributed by atoms with E-state index in [2.05, 4.69) is 0 Å². The monoisotopic (exact) mass is 144 g/mol. The molecule has 2 nitrogen and oxygen atoms in total. The second-order valence-electron chi connectivity index (χ2n) is 1.74. The van der Waals surface area contributed by atoms with Crippen LogP contribution in [0.5, 0.6) is 0 Å². The van der Waals surface area contributed by atoms with Crippen LogP contribution in [0.2, 0.25) is 0 Å². The third kappa shape index (κ3) is 2.99. The molecule has 0 spiro atoms. The van der Waals surface area contributed by atoms with Crippen molar-refractivity contribution in [1.82, 2.24) is 0 Å². The molecule has 0 aliphatic heterocycles. The lowest BCUT2D eigenvalue weighted by atomic mass is 10.1. The highest BCUT2D eigenvalue weighted by Crippen LogP contribution is 2.08. The van der Waals surface area contributed by atoms with Crippen LogP contribution in [0.1, 0.15) is 12.8 Å². The van der Waals surface area contributed by atoms with Gasteiger partial charge >= 0.3 is 0 Å². The Hall–Kier alpha value is -1.16. The fraction of sp³-hybridized carbons (Fsp3) is 0.667. The van der Waals surface area contributed by atoms with Gasteiger partial charge in [0.2, 0.25) is 6.17 Å². The molecule has 4 heteroatoms.